The van der Waals surface area contributed by atoms with Crippen molar-refractivity contribution in [1.82, 2.24) is 19.6 Å². The van der Waals surface area contributed by atoms with Crippen LogP contribution in [0.2, 0.25) is 0 Å². The number of hydrogen-bond donors (Lipinski definition) is 0. The number of likely N-dealkylation sites (N-methyl/N-ethyl adjacent to an activating group) is 3. The predicted molar refractivity (Wildman–Crippen MR) is 174 cm³/mol. The maximum Gasteiger partial charge on any atom is 0.410 e. The van der Waals surface area contributed by atoms with Crippen LogP contribution in [0.3, 0.4) is 0 Å². The molecular weight excluding hydrogens is 588 g/mol. The molecule has 0 aliphatic carbocycles. The van der Waals surface area contributed by atoms with E-state index in [1.807, 2.05) is 61.5 Å². The molecule has 1 heterocycles. The zero-order chi connectivity index (χ0) is 34.2. The van der Waals surface area contributed by atoms with Crippen molar-refractivity contribution in [2.75, 3.05) is 33.7 Å². The van der Waals surface area contributed by atoms with Gasteiger partial charge in [-0.1, -0.05) is 60.2 Å². The van der Waals surface area contributed by atoms with Crippen molar-refractivity contribution in [2.24, 2.45) is 0 Å². The third kappa shape index (κ3) is 9.55. The minimum Gasteiger partial charge on any atom is -0.459 e. The largest absolute Gasteiger partial charge is 0.459 e. The Morgan fingerprint density at radius 3 is 2.13 bits per heavy atom. The molecule has 46 heavy (non-hydrogen) atoms. The molecule has 3 rings (SSSR count). The number of carbonyl (C=O) groups excluding carboxylic acids is 5. The Bertz CT molecular complexity index is 1370. The maximum absolute atomic E-state index is 14.0. The number of carbonyl (C=O) groups is 5. The lowest BCUT2D eigenvalue weighted by molar-refractivity contribution is -0.162. The molecule has 11 nitrogen and oxygen atoms in total. The number of benzene rings is 2. The topological polar surface area (TPSA) is 117 Å². The maximum atomic E-state index is 14.0. The van der Waals surface area contributed by atoms with Gasteiger partial charge in [0.2, 0.25) is 17.7 Å². The normalized spacial score (nSPS) is 15.6. The van der Waals surface area contributed by atoms with Gasteiger partial charge in [0.15, 0.2) is 0 Å². The second-order valence-corrected chi connectivity index (χ2v) is 12.8. The monoisotopic (exact) mass is 636 g/mol. The molecule has 250 valence electrons. The lowest BCUT2D eigenvalue weighted by Gasteiger charge is -2.45. The zero-order valence-electron chi connectivity index (χ0n) is 28.3. The highest BCUT2D eigenvalue weighted by Gasteiger charge is 2.44. The van der Waals surface area contributed by atoms with Crippen molar-refractivity contribution >= 4 is 29.8 Å². The van der Waals surface area contributed by atoms with Crippen LogP contribution in [0.25, 0.3) is 0 Å². The second-order valence-electron chi connectivity index (χ2n) is 12.8. The minimum atomic E-state index is -0.918. The van der Waals surface area contributed by atoms with E-state index in [2.05, 4.69) is 0 Å². The third-order valence-corrected chi connectivity index (χ3v) is 8.02. The van der Waals surface area contributed by atoms with E-state index in [0.29, 0.717) is 13.0 Å². The molecule has 2 aromatic rings. The van der Waals surface area contributed by atoms with Gasteiger partial charge in [-0.2, -0.15) is 0 Å². The predicted octanol–water partition coefficient (Wildman–Crippen LogP) is 3.81. The summed E-state index contributed by atoms with van der Waals surface area (Å²) in [5.74, 6) is -1.71. The van der Waals surface area contributed by atoms with E-state index in [4.69, 9.17) is 9.47 Å². The first-order chi connectivity index (χ1) is 21.6. The number of esters is 1. The zero-order valence-corrected chi connectivity index (χ0v) is 28.3. The molecule has 11 heteroatoms. The van der Waals surface area contributed by atoms with Crippen molar-refractivity contribution in [2.45, 2.75) is 84.7 Å². The van der Waals surface area contributed by atoms with Crippen molar-refractivity contribution < 1.29 is 33.4 Å². The van der Waals surface area contributed by atoms with E-state index >= 15 is 0 Å². The summed E-state index contributed by atoms with van der Waals surface area (Å²) in [6.07, 6.45) is -0.000366. The third-order valence-electron chi connectivity index (χ3n) is 8.02. The first kappa shape index (κ1) is 36.1. The van der Waals surface area contributed by atoms with Gasteiger partial charge < -0.3 is 24.2 Å². The number of amides is 4. The molecule has 0 radical (unpaired) electrons. The van der Waals surface area contributed by atoms with Crippen LogP contribution in [0.4, 0.5) is 4.79 Å². The minimum absolute atomic E-state index is 0.0694. The highest BCUT2D eigenvalue weighted by molar-refractivity contribution is 5.95. The van der Waals surface area contributed by atoms with Crippen molar-refractivity contribution in [3.8, 4) is 0 Å². The van der Waals surface area contributed by atoms with Gasteiger partial charge in [0.1, 0.15) is 36.9 Å². The average molecular weight is 637 g/mol. The first-order valence-corrected chi connectivity index (χ1v) is 15.7. The lowest BCUT2D eigenvalue weighted by Crippen LogP contribution is -2.64. The van der Waals surface area contributed by atoms with Crippen LogP contribution in [0.5, 0.6) is 0 Å². The molecule has 0 spiro atoms. The number of hydrogen-bond acceptors (Lipinski definition) is 7. The number of rotatable bonds is 12. The standard InChI is InChI=1S/C35H48N4O7/c1-9-38(29(21-26-17-15-24(2)16-18-26)32(42)36(7)22-30(40)46-35(4,5)6)33(43)28-19-20-39(28)31(41)25(3)37(8)34(44)45-23-27-13-11-10-12-14-27/h10-18,25,28-29H,9,19-23H2,1-8H3/t25-,28-,29-/m0/s1. The molecule has 1 saturated heterocycles. The van der Waals surface area contributed by atoms with E-state index in [1.54, 1.807) is 34.6 Å². The van der Waals surface area contributed by atoms with E-state index in [-0.39, 0.29) is 37.9 Å². The molecule has 4 amide bonds. The summed E-state index contributed by atoms with van der Waals surface area (Å²) >= 11 is 0. The summed E-state index contributed by atoms with van der Waals surface area (Å²) in [5, 5.41) is 0. The van der Waals surface area contributed by atoms with Crippen molar-refractivity contribution in [3.05, 3.63) is 71.3 Å². The van der Waals surface area contributed by atoms with Gasteiger partial charge in [-0.3, -0.25) is 24.1 Å². The molecule has 0 unspecified atom stereocenters. The van der Waals surface area contributed by atoms with Crippen LogP contribution in [0, 0.1) is 6.92 Å². The van der Waals surface area contributed by atoms with E-state index in [9.17, 15) is 24.0 Å². The molecule has 0 N–H and O–H groups in total. The summed E-state index contributed by atoms with van der Waals surface area (Å²) in [7, 11) is 3.00. The van der Waals surface area contributed by atoms with Gasteiger partial charge >= 0.3 is 12.1 Å². The van der Waals surface area contributed by atoms with Gasteiger partial charge in [-0.05, 0) is 59.1 Å². The Kier molecular flexibility index (Phi) is 12.3. The summed E-state index contributed by atoms with van der Waals surface area (Å²) in [6, 6.07) is 14.4. The molecule has 0 aromatic heterocycles. The Balaban J connectivity index is 1.75. The summed E-state index contributed by atoms with van der Waals surface area (Å²) < 4.78 is 10.8. The highest BCUT2D eigenvalue weighted by Crippen LogP contribution is 2.25. The van der Waals surface area contributed by atoms with Crippen LogP contribution >= 0.6 is 0 Å². The molecule has 1 aliphatic rings. The van der Waals surface area contributed by atoms with Crippen LogP contribution in [-0.2, 0) is 41.7 Å². The number of likely N-dealkylation sites (tertiary alicyclic amines) is 1. The molecule has 0 saturated carbocycles. The van der Waals surface area contributed by atoms with E-state index < -0.39 is 41.7 Å². The summed E-state index contributed by atoms with van der Waals surface area (Å²) in [5.41, 5.74) is 2.02. The van der Waals surface area contributed by atoms with E-state index in [0.717, 1.165) is 16.7 Å². The summed E-state index contributed by atoms with van der Waals surface area (Å²) in [4.78, 5) is 72.2. The van der Waals surface area contributed by atoms with Gasteiger partial charge in [0.25, 0.3) is 0 Å². The fraction of sp³-hybridized carbons (Fsp3) is 0.514. The molecule has 2 aromatic carbocycles. The van der Waals surface area contributed by atoms with Gasteiger partial charge in [-0.15, -0.1) is 0 Å². The molecule has 1 aliphatic heterocycles. The molecule has 1 fully saturated rings. The summed E-state index contributed by atoms with van der Waals surface area (Å²) in [6.45, 7) is 11.0. The second kappa shape index (κ2) is 15.7. The molecular formula is C35H48N4O7. The number of nitrogens with zero attached hydrogens (tertiary/aromatic N) is 4. The Labute approximate surface area is 272 Å². The quantitative estimate of drug-likeness (QED) is 0.325. The lowest BCUT2D eigenvalue weighted by atomic mass is 9.96. The van der Waals surface area contributed by atoms with Crippen molar-refractivity contribution in [3.63, 3.8) is 0 Å². The first-order valence-electron chi connectivity index (χ1n) is 15.7. The Hall–Kier alpha value is -4.41. The Morgan fingerprint density at radius 2 is 1.59 bits per heavy atom. The van der Waals surface area contributed by atoms with Crippen LogP contribution in [-0.4, -0.2) is 107 Å². The molecule has 0 bridgehead atoms. The van der Waals surface area contributed by atoms with Crippen LogP contribution < -0.4 is 0 Å². The SMILES string of the molecule is CCN(C(=O)[C@@H]1CCN1C(=O)[C@H](C)N(C)C(=O)OCc1ccccc1)[C@@H](Cc1ccc(C)cc1)C(=O)N(C)CC(=O)OC(C)(C)C. The smallest absolute Gasteiger partial charge is 0.410 e. The molecule has 3 atom stereocenters. The van der Waals surface area contributed by atoms with Gasteiger partial charge in [0, 0.05) is 33.6 Å². The number of aryl methyl sites for hydroxylation is 1. The van der Waals surface area contributed by atoms with Crippen LogP contribution in [0.15, 0.2) is 54.6 Å². The fourth-order valence-electron chi connectivity index (χ4n) is 5.19. The van der Waals surface area contributed by atoms with Gasteiger partial charge in [0.05, 0.1) is 0 Å². The number of ether oxygens (including phenoxy) is 2. The highest BCUT2D eigenvalue weighted by atomic mass is 16.6. The Morgan fingerprint density at radius 1 is 0.957 bits per heavy atom. The van der Waals surface area contributed by atoms with Crippen molar-refractivity contribution in [1.29, 1.82) is 0 Å². The fourth-order valence-corrected chi connectivity index (χ4v) is 5.19. The van der Waals surface area contributed by atoms with Gasteiger partial charge in [-0.25, -0.2) is 4.79 Å². The van der Waals surface area contributed by atoms with E-state index in [1.165, 1.54) is 33.7 Å². The average Bonchev–Trinajstić information content (AvgIpc) is 2.98. The van der Waals surface area contributed by atoms with Crippen LogP contribution in [0.1, 0.15) is 57.7 Å².